The van der Waals surface area contributed by atoms with E-state index >= 15 is 0 Å². The van der Waals surface area contributed by atoms with Gasteiger partial charge in [-0.3, -0.25) is 19.8 Å². The SMILES string of the molecule is N[C@@H](Cc1ccncc1)C(=O)Nc1cccc(-c2ccc([C@@]3(CC(=O)NO)CCCCS3)s2)c1. The zero-order valence-corrected chi connectivity index (χ0v) is 20.3. The van der Waals surface area contributed by atoms with E-state index in [4.69, 9.17) is 10.9 Å². The van der Waals surface area contributed by atoms with Gasteiger partial charge in [0.25, 0.3) is 0 Å². The summed E-state index contributed by atoms with van der Waals surface area (Å²) in [6, 6.07) is 14.9. The first kappa shape index (κ1) is 24.4. The number of thioether (sulfide) groups is 1. The van der Waals surface area contributed by atoms with Crippen molar-refractivity contribution in [3.05, 3.63) is 71.4 Å². The number of anilines is 1. The Bertz CT molecular complexity index is 1130. The summed E-state index contributed by atoms with van der Waals surface area (Å²) in [4.78, 5) is 30.8. The molecule has 1 aliphatic rings. The highest BCUT2D eigenvalue weighted by Crippen LogP contribution is 2.50. The Morgan fingerprint density at radius 1 is 1.15 bits per heavy atom. The van der Waals surface area contributed by atoms with E-state index in [1.54, 1.807) is 41.0 Å². The Kier molecular flexibility index (Phi) is 7.99. The molecule has 5 N–H and O–H groups in total. The molecule has 0 aliphatic carbocycles. The molecule has 0 spiro atoms. The lowest BCUT2D eigenvalue weighted by molar-refractivity contribution is -0.129. The molecule has 34 heavy (non-hydrogen) atoms. The highest BCUT2D eigenvalue weighted by Gasteiger charge is 2.38. The minimum Gasteiger partial charge on any atom is -0.325 e. The van der Waals surface area contributed by atoms with Gasteiger partial charge < -0.3 is 11.1 Å². The fraction of sp³-hybridized carbons (Fsp3) is 0.320. The maximum absolute atomic E-state index is 12.6. The number of hydroxylamine groups is 1. The van der Waals surface area contributed by atoms with Crippen molar-refractivity contribution in [1.29, 1.82) is 0 Å². The standard InChI is InChI=1S/C25H28N4O3S2/c26-20(14-17-8-11-27-12-9-17)24(31)28-19-5-3-4-18(15-19)21-6-7-22(34-21)25(16-23(30)29-32)10-1-2-13-33-25/h3-9,11-12,15,20,32H,1-2,10,13-14,16,26H2,(H,28,31)(H,29,30)/t20-,25-/m0/s1. The molecule has 3 aromatic rings. The van der Waals surface area contributed by atoms with Crippen LogP contribution in [0.5, 0.6) is 0 Å². The second kappa shape index (κ2) is 11.1. The van der Waals surface area contributed by atoms with E-state index in [1.165, 1.54) is 0 Å². The third kappa shape index (κ3) is 5.85. The molecular formula is C25H28N4O3S2. The summed E-state index contributed by atoms with van der Waals surface area (Å²) in [6.07, 6.45) is 7.14. The van der Waals surface area contributed by atoms with Crippen molar-refractivity contribution in [2.24, 2.45) is 5.73 Å². The third-order valence-electron chi connectivity index (χ3n) is 5.94. The molecule has 7 nitrogen and oxygen atoms in total. The van der Waals surface area contributed by atoms with E-state index in [2.05, 4.69) is 22.4 Å². The molecule has 0 unspecified atom stereocenters. The molecule has 1 fully saturated rings. The number of carbonyl (C=O) groups excluding carboxylic acids is 2. The van der Waals surface area contributed by atoms with E-state index in [0.717, 1.165) is 45.9 Å². The van der Waals surface area contributed by atoms with Crippen molar-refractivity contribution in [3.63, 3.8) is 0 Å². The molecular weight excluding hydrogens is 468 g/mol. The molecule has 1 aromatic carbocycles. The summed E-state index contributed by atoms with van der Waals surface area (Å²) < 4.78 is -0.320. The van der Waals surface area contributed by atoms with E-state index in [1.807, 2.05) is 36.4 Å². The number of hydrogen-bond acceptors (Lipinski definition) is 7. The van der Waals surface area contributed by atoms with Crippen LogP contribution in [0.15, 0.2) is 60.9 Å². The van der Waals surface area contributed by atoms with Crippen LogP contribution < -0.4 is 16.5 Å². The number of hydrogen-bond donors (Lipinski definition) is 4. The zero-order valence-electron chi connectivity index (χ0n) is 18.7. The molecule has 0 radical (unpaired) electrons. The van der Waals surface area contributed by atoms with Gasteiger partial charge >= 0.3 is 0 Å². The summed E-state index contributed by atoms with van der Waals surface area (Å²) in [7, 11) is 0. The normalized spacial score (nSPS) is 18.8. The summed E-state index contributed by atoms with van der Waals surface area (Å²) in [5.74, 6) is 0.387. The van der Waals surface area contributed by atoms with Gasteiger partial charge in [-0.05, 0) is 72.5 Å². The van der Waals surface area contributed by atoms with Crippen molar-refractivity contribution in [2.45, 2.75) is 42.9 Å². The summed E-state index contributed by atoms with van der Waals surface area (Å²) in [5.41, 5.74) is 10.5. The quantitative estimate of drug-likeness (QED) is 0.272. The Labute approximate surface area is 207 Å². The van der Waals surface area contributed by atoms with Gasteiger partial charge in [0.1, 0.15) is 0 Å². The van der Waals surface area contributed by atoms with Gasteiger partial charge in [0.05, 0.1) is 10.8 Å². The highest BCUT2D eigenvalue weighted by molar-refractivity contribution is 8.00. The van der Waals surface area contributed by atoms with Gasteiger partial charge in [0.15, 0.2) is 0 Å². The molecule has 2 aromatic heterocycles. The van der Waals surface area contributed by atoms with Crippen molar-refractivity contribution in [1.82, 2.24) is 10.5 Å². The van der Waals surface area contributed by atoms with Crippen molar-refractivity contribution >= 4 is 40.6 Å². The Hall–Kier alpha value is -2.72. The zero-order chi connectivity index (χ0) is 24.0. The van der Waals surface area contributed by atoms with Crippen LogP contribution in [-0.2, 0) is 20.8 Å². The van der Waals surface area contributed by atoms with Gasteiger partial charge in [-0.25, -0.2) is 5.48 Å². The summed E-state index contributed by atoms with van der Waals surface area (Å²) in [6.45, 7) is 0. The molecule has 2 atom stereocenters. The first-order valence-corrected chi connectivity index (χ1v) is 13.0. The number of pyridine rings is 1. The summed E-state index contributed by atoms with van der Waals surface area (Å²) >= 11 is 3.45. The lowest BCUT2D eigenvalue weighted by Crippen LogP contribution is -2.37. The van der Waals surface area contributed by atoms with Crippen LogP contribution in [0.1, 0.15) is 36.1 Å². The number of rotatable bonds is 8. The third-order valence-corrected chi connectivity index (χ3v) is 9.02. The Morgan fingerprint density at radius 3 is 2.71 bits per heavy atom. The average molecular weight is 497 g/mol. The Balaban J connectivity index is 1.48. The maximum atomic E-state index is 12.6. The van der Waals surface area contributed by atoms with Crippen LogP contribution in [-0.4, -0.2) is 33.8 Å². The second-order valence-electron chi connectivity index (χ2n) is 8.41. The maximum Gasteiger partial charge on any atom is 0.245 e. The fourth-order valence-corrected chi connectivity index (χ4v) is 7.05. The van der Waals surface area contributed by atoms with Crippen molar-refractivity contribution < 1.29 is 14.8 Å². The van der Waals surface area contributed by atoms with E-state index in [9.17, 15) is 9.59 Å². The smallest absolute Gasteiger partial charge is 0.245 e. The number of nitrogens with two attached hydrogens (primary N) is 1. The molecule has 3 heterocycles. The minimum absolute atomic E-state index is 0.242. The van der Waals surface area contributed by atoms with Gasteiger partial charge in [-0.2, -0.15) is 0 Å². The molecule has 178 valence electrons. The van der Waals surface area contributed by atoms with Crippen LogP contribution in [0.4, 0.5) is 5.69 Å². The molecule has 0 bridgehead atoms. The predicted molar refractivity (Wildman–Crippen MR) is 137 cm³/mol. The van der Waals surface area contributed by atoms with E-state index < -0.39 is 6.04 Å². The van der Waals surface area contributed by atoms with E-state index in [-0.39, 0.29) is 23.0 Å². The second-order valence-corrected chi connectivity index (χ2v) is 11.0. The molecule has 1 saturated heterocycles. The van der Waals surface area contributed by atoms with Gasteiger partial charge in [0, 0.05) is 34.3 Å². The molecule has 2 amide bonds. The summed E-state index contributed by atoms with van der Waals surface area (Å²) in [5, 5.41) is 12.0. The number of carbonyl (C=O) groups is 2. The number of benzene rings is 1. The van der Waals surface area contributed by atoms with Crippen LogP contribution in [0.3, 0.4) is 0 Å². The largest absolute Gasteiger partial charge is 0.325 e. The first-order chi connectivity index (χ1) is 16.5. The van der Waals surface area contributed by atoms with E-state index in [0.29, 0.717) is 12.1 Å². The topological polar surface area (TPSA) is 117 Å². The molecule has 9 heteroatoms. The fourth-order valence-electron chi connectivity index (χ4n) is 4.16. The highest BCUT2D eigenvalue weighted by atomic mass is 32.2. The van der Waals surface area contributed by atoms with Crippen LogP contribution in [0.2, 0.25) is 0 Å². The predicted octanol–water partition coefficient (Wildman–Crippen LogP) is 4.33. The molecule has 0 saturated carbocycles. The number of aromatic nitrogens is 1. The van der Waals surface area contributed by atoms with Gasteiger partial charge in [-0.15, -0.1) is 23.1 Å². The number of nitrogens with one attached hydrogen (secondary N) is 2. The lowest BCUT2D eigenvalue weighted by Gasteiger charge is -2.35. The van der Waals surface area contributed by atoms with Crippen molar-refractivity contribution in [2.75, 3.05) is 11.1 Å². The lowest BCUT2D eigenvalue weighted by atomic mass is 9.94. The van der Waals surface area contributed by atoms with Crippen molar-refractivity contribution in [3.8, 4) is 10.4 Å². The Morgan fingerprint density at radius 2 is 1.97 bits per heavy atom. The van der Waals surface area contributed by atoms with Crippen LogP contribution in [0, 0.1) is 0 Å². The van der Waals surface area contributed by atoms with Gasteiger partial charge in [-0.1, -0.05) is 18.6 Å². The number of amides is 2. The van der Waals surface area contributed by atoms with Gasteiger partial charge in [0.2, 0.25) is 11.8 Å². The monoisotopic (exact) mass is 496 g/mol. The molecule has 1 aliphatic heterocycles. The average Bonchev–Trinajstić information content (AvgIpc) is 3.37. The first-order valence-electron chi connectivity index (χ1n) is 11.2. The number of nitrogens with zero attached hydrogens (tertiary/aromatic N) is 1. The number of thiophene rings is 1. The van der Waals surface area contributed by atoms with Crippen LogP contribution >= 0.6 is 23.1 Å². The van der Waals surface area contributed by atoms with Crippen LogP contribution in [0.25, 0.3) is 10.4 Å². The molecule has 4 rings (SSSR count). The minimum atomic E-state index is -0.666.